The number of ether oxygens (including phenoxy) is 1. The lowest BCUT2D eigenvalue weighted by Gasteiger charge is -2.28. The second kappa shape index (κ2) is 9.05. The normalized spacial score (nSPS) is 30.0. The number of alkyl halides is 2. The van der Waals surface area contributed by atoms with Crippen LogP contribution in [0.2, 0.25) is 0 Å². The summed E-state index contributed by atoms with van der Waals surface area (Å²) in [5, 5.41) is 8.99. The molecule has 1 aromatic heterocycles. The van der Waals surface area contributed by atoms with Crippen molar-refractivity contribution in [1.82, 2.24) is 15.8 Å². The monoisotopic (exact) mass is 486 g/mol. The largest absolute Gasteiger partial charge is 0.468 e. The maximum absolute atomic E-state index is 14.1. The fraction of sp³-hybridized carbons (Fsp3) is 0.773. The van der Waals surface area contributed by atoms with E-state index >= 15 is 0 Å². The summed E-state index contributed by atoms with van der Waals surface area (Å²) in [6.07, 6.45) is 6.22. The fourth-order valence-corrected chi connectivity index (χ4v) is 6.81. The van der Waals surface area contributed by atoms with Crippen LogP contribution in [0.15, 0.2) is 9.42 Å². The summed E-state index contributed by atoms with van der Waals surface area (Å²) >= 11 is 1.27. The average molecular weight is 487 g/mol. The van der Waals surface area contributed by atoms with E-state index in [0.29, 0.717) is 17.6 Å². The van der Waals surface area contributed by atoms with Crippen LogP contribution in [0.1, 0.15) is 62.9 Å². The van der Waals surface area contributed by atoms with Crippen LogP contribution >= 0.6 is 11.8 Å². The van der Waals surface area contributed by atoms with E-state index in [2.05, 4.69) is 17.4 Å². The van der Waals surface area contributed by atoms with Gasteiger partial charge in [-0.05, 0) is 66.7 Å². The highest BCUT2D eigenvalue weighted by Gasteiger charge is 2.74. The van der Waals surface area contributed by atoms with Gasteiger partial charge in [-0.2, -0.15) is 8.78 Å². The molecule has 2 amide bonds. The Balaban J connectivity index is 1.46. The zero-order chi connectivity index (χ0) is 23.9. The highest BCUT2D eigenvalue weighted by Crippen LogP contribution is 2.74. The van der Waals surface area contributed by atoms with E-state index in [1.54, 1.807) is 0 Å². The molecular weight excluding hydrogens is 454 g/mol. The first-order valence-corrected chi connectivity index (χ1v) is 12.6. The van der Waals surface area contributed by atoms with Crippen molar-refractivity contribution < 1.29 is 27.6 Å². The van der Waals surface area contributed by atoms with E-state index < -0.39 is 18.4 Å². The summed E-state index contributed by atoms with van der Waals surface area (Å²) in [6.45, 7) is 3.00. The summed E-state index contributed by atoms with van der Waals surface area (Å²) < 4.78 is 38.7. The standard InChI is InChI=1S/C22H32F2N4O4S/c1-3-6-33-16-15(32-28-18(16)31-12-22(23,24)19(30)26-5-4-25)17(29)27-21-10-14-7-13(2)8-20(21,9-14)11-21/h13-14H,3-12,25H2,1-2H3,(H,26,30)(H,27,29)/t13?,14-,20?,21?/m1/s1. The third-order valence-corrected chi connectivity index (χ3v) is 8.36. The Bertz CT molecular complexity index is 913. The van der Waals surface area contributed by atoms with E-state index in [-0.39, 0.29) is 46.5 Å². The Hall–Kier alpha value is -1.88. The molecule has 8 nitrogen and oxygen atoms in total. The lowest BCUT2D eigenvalue weighted by Crippen LogP contribution is -2.45. The van der Waals surface area contributed by atoms with Crippen molar-refractivity contribution in [2.24, 2.45) is 23.0 Å². The first-order valence-electron chi connectivity index (χ1n) is 11.6. The molecule has 184 valence electrons. The molecule has 4 atom stereocenters. The number of fused-ring (bicyclic) bond motifs is 1. The van der Waals surface area contributed by atoms with Gasteiger partial charge < -0.3 is 25.6 Å². The molecule has 3 saturated carbocycles. The molecule has 1 heterocycles. The average Bonchev–Trinajstić information content (AvgIpc) is 3.05. The Kier molecular flexibility index (Phi) is 6.65. The SMILES string of the molecule is CCCSc1c(OCC(F)(F)C(=O)NCCN)noc1C(=O)NC12C[C@@H]3CC(C)CC1(C3)C2. The Labute approximate surface area is 196 Å². The van der Waals surface area contributed by atoms with E-state index in [0.717, 1.165) is 32.1 Å². The Morgan fingerprint density at radius 1 is 1.36 bits per heavy atom. The molecule has 1 aromatic rings. The molecule has 3 fully saturated rings. The molecule has 1 spiro atoms. The number of nitrogens with two attached hydrogens (primary N) is 1. The van der Waals surface area contributed by atoms with Crippen LogP contribution in [0.4, 0.5) is 8.78 Å². The second-order valence-electron chi connectivity index (χ2n) is 9.84. The van der Waals surface area contributed by atoms with Crippen molar-refractivity contribution >= 4 is 23.6 Å². The number of aromatic nitrogens is 1. The minimum Gasteiger partial charge on any atom is -0.468 e. The van der Waals surface area contributed by atoms with Gasteiger partial charge in [-0.15, -0.1) is 11.8 Å². The van der Waals surface area contributed by atoms with E-state index in [9.17, 15) is 18.4 Å². The fourth-order valence-electron chi connectivity index (χ4n) is 5.92. The number of thioether (sulfide) groups is 1. The van der Waals surface area contributed by atoms with Crippen LogP contribution in [0.5, 0.6) is 5.88 Å². The van der Waals surface area contributed by atoms with Crippen molar-refractivity contribution in [3.05, 3.63) is 5.76 Å². The van der Waals surface area contributed by atoms with Gasteiger partial charge in [-0.25, -0.2) is 0 Å². The number of nitrogens with one attached hydrogen (secondary N) is 2. The summed E-state index contributed by atoms with van der Waals surface area (Å²) in [7, 11) is 0. The molecular formula is C22H32F2N4O4S. The van der Waals surface area contributed by atoms with E-state index in [4.69, 9.17) is 15.0 Å². The topological polar surface area (TPSA) is 119 Å². The van der Waals surface area contributed by atoms with Crippen molar-refractivity contribution in [2.45, 2.75) is 68.7 Å². The van der Waals surface area contributed by atoms with Crippen molar-refractivity contribution in [3.63, 3.8) is 0 Å². The van der Waals surface area contributed by atoms with Crippen LogP contribution in [0.25, 0.3) is 0 Å². The molecule has 4 rings (SSSR count). The number of carbonyl (C=O) groups excluding carboxylic acids is 2. The zero-order valence-electron chi connectivity index (χ0n) is 19.0. The van der Waals surface area contributed by atoms with Gasteiger partial charge in [0.05, 0.1) is 0 Å². The summed E-state index contributed by atoms with van der Waals surface area (Å²) in [6, 6.07) is 0. The van der Waals surface area contributed by atoms with Crippen LogP contribution in [-0.4, -0.2) is 53.9 Å². The minimum absolute atomic E-state index is 0.0229. The van der Waals surface area contributed by atoms with Crippen molar-refractivity contribution in [2.75, 3.05) is 25.4 Å². The van der Waals surface area contributed by atoms with Gasteiger partial charge in [-0.1, -0.05) is 13.8 Å². The summed E-state index contributed by atoms with van der Waals surface area (Å²) in [5.74, 6) is -3.94. The number of nitrogens with zero attached hydrogens (tertiary/aromatic N) is 1. The number of hydrogen-bond donors (Lipinski definition) is 3. The molecule has 3 unspecified atom stereocenters. The second-order valence-corrected chi connectivity index (χ2v) is 10.9. The predicted octanol–water partition coefficient (Wildman–Crippen LogP) is 2.96. The minimum atomic E-state index is -3.78. The third-order valence-electron chi connectivity index (χ3n) is 7.10. The molecule has 11 heteroatoms. The smallest absolute Gasteiger partial charge is 0.357 e. The lowest BCUT2D eigenvalue weighted by molar-refractivity contribution is -0.149. The first-order chi connectivity index (χ1) is 15.7. The van der Waals surface area contributed by atoms with Gasteiger partial charge in [0, 0.05) is 18.6 Å². The van der Waals surface area contributed by atoms with Gasteiger partial charge in [0.1, 0.15) is 4.90 Å². The van der Waals surface area contributed by atoms with E-state index in [1.165, 1.54) is 18.2 Å². The number of rotatable bonds is 11. The zero-order valence-corrected chi connectivity index (χ0v) is 19.9. The number of halogens is 2. The molecule has 0 saturated heterocycles. The van der Waals surface area contributed by atoms with Gasteiger partial charge in [0.15, 0.2) is 6.61 Å². The van der Waals surface area contributed by atoms with Crippen molar-refractivity contribution in [1.29, 1.82) is 0 Å². The van der Waals surface area contributed by atoms with Crippen molar-refractivity contribution in [3.8, 4) is 5.88 Å². The predicted molar refractivity (Wildman–Crippen MR) is 118 cm³/mol. The van der Waals surface area contributed by atoms with E-state index in [1.807, 2.05) is 12.2 Å². The van der Waals surface area contributed by atoms with Gasteiger partial charge >= 0.3 is 5.92 Å². The summed E-state index contributed by atoms with van der Waals surface area (Å²) in [4.78, 5) is 25.1. The quantitative estimate of drug-likeness (QED) is 0.411. The van der Waals surface area contributed by atoms with Crippen LogP contribution in [-0.2, 0) is 4.79 Å². The number of carbonyl (C=O) groups is 2. The molecule has 3 aliphatic rings. The van der Waals surface area contributed by atoms with Gasteiger partial charge in [-0.3, -0.25) is 9.59 Å². The van der Waals surface area contributed by atoms with Gasteiger partial charge in [0.25, 0.3) is 17.7 Å². The highest BCUT2D eigenvalue weighted by atomic mass is 32.2. The molecule has 2 bridgehead atoms. The maximum atomic E-state index is 14.1. The molecule has 33 heavy (non-hydrogen) atoms. The lowest BCUT2D eigenvalue weighted by atomic mass is 9.77. The van der Waals surface area contributed by atoms with Gasteiger partial charge in [0.2, 0.25) is 5.76 Å². The number of hydrogen-bond acceptors (Lipinski definition) is 7. The molecule has 0 aliphatic heterocycles. The Morgan fingerprint density at radius 3 is 2.88 bits per heavy atom. The highest BCUT2D eigenvalue weighted by molar-refractivity contribution is 7.99. The van der Waals surface area contributed by atoms with Crippen LogP contribution < -0.4 is 21.1 Å². The van der Waals surface area contributed by atoms with Crippen LogP contribution in [0, 0.1) is 17.3 Å². The molecule has 4 N–H and O–H groups in total. The summed E-state index contributed by atoms with van der Waals surface area (Å²) in [5.41, 5.74) is 5.21. The molecule has 0 aromatic carbocycles. The first kappa shape index (κ1) is 24.3. The molecule has 0 radical (unpaired) electrons. The number of amides is 2. The maximum Gasteiger partial charge on any atom is 0.357 e. The van der Waals surface area contributed by atoms with Crippen LogP contribution in [0.3, 0.4) is 0 Å². The Morgan fingerprint density at radius 2 is 2.15 bits per heavy atom. The third kappa shape index (κ3) is 4.58. The molecule has 3 aliphatic carbocycles.